The molecule has 0 saturated carbocycles. The zero-order chi connectivity index (χ0) is 20.3. The Kier molecular flexibility index (Phi) is 8.51. The second-order valence-corrected chi connectivity index (χ2v) is 8.39. The molecule has 1 heterocycles. The molecule has 2 nitrogen and oxygen atoms in total. The van der Waals surface area contributed by atoms with E-state index in [2.05, 4.69) is 54.5 Å². The standard InChI is InChI=1S/C26H31NOS/c1-3-5-7-8-9-10-25-20-27-26(29-25)23-13-11-21(12-14-23)22-15-17-24(18-16-22)28-19-6-4-2/h4,6,11-18,20H,3,5,7-10,19H2,1-2H3/b6-4+. The predicted octanol–water partition coefficient (Wildman–Crippen LogP) is 7.94. The van der Waals surface area contributed by atoms with E-state index < -0.39 is 0 Å². The molecule has 0 amide bonds. The SMILES string of the molecule is C/C=C/COc1ccc(-c2ccc(-c3ncc(CCCCCCC)s3)cc2)cc1. The van der Waals surface area contributed by atoms with Crippen molar-refractivity contribution in [3.8, 4) is 27.4 Å². The Labute approximate surface area is 179 Å². The molecule has 0 bridgehead atoms. The number of hydrogen-bond donors (Lipinski definition) is 0. The fourth-order valence-corrected chi connectivity index (χ4v) is 4.21. The lowest BCUT2D eigenvalue weighted by molar-refractivity contribution is 0.363. The lowest BCUT2D eigenvalue weighted by atomic mass is 10.0. The normalized spacial score (nSPS) is 11.2. The number of benzene rings is 2. The van der Waals surface area contributed by atoms with Crippen LogP contribution in [0.5, 0.6) is 5.75 Å². The third-order valence-corrected chi connectivity index (χ3v) is 6.09. The summed E-state index contributed by atoms with van der Waals surface area (Å²) in [7, 11) is 0. The smallest absolute Gasteiger partial charge is 0.123 e. The van der Waals surface area contributed by atoms with Crippen LogP contribution in [0.25, 0.3) is 21.7 Å². The Morgan fingerprint density at radius 2 is 1.52 bits per heavy atom. The summed E-state index contributed by atoms with van der Waals surface area (Å²) in [6.45, 7) is 4.87. The van der Waals surface area contributed by atoms with E-state index in [1.54, 1.807) is 0 Å². The van der Waals surface area contributed by atoms with Gasteiger partial charge in [0.1, 0.15) is 17.4 Å². The Morgan fingerprint density at radius 3 is 2.21 bits per heavy atom. The van der Waals surface area contributed by atoms with Crippen molar-refractivity contribution < 1.29 is 4.74 Å². The fourth-order valence-electron chi connectivity index (χ4n) is 3.25. The van der Waals surface area contributed by atoms with Gasteiger partial charge in [-0.25, -0.2) is 4.98 Å². The van der Waals surface area contributed by atoms with E-state index in [1.165, 1.54) is 53.7 Å². The second-order valence-electron chi connectivity index (χ2n) is 7.28. The molecule has 0 aliphatic carbocycles. The van der Waals surface area contributed by atoms with Crippen LogP contribution in [-0.4, -0.2) is 11.6 Å². The highest BCUT2D eigenvalue weighted by Gasteiger charge is 2.06. The highest BCUT2D eigenvalue weighted by atomic mass is 32.1. The summed E-state index contributed by atoms with van der Waals surface area (Å²) in [6.07, 6.45) is 13.8. The van der Waals surface area contributed by atoms with Crippen LogP contribution in [0.3, 0.4) is 0 Å². The first-order valence-electron chi connectivity index (χ1n) is 10.7. The minimum atomic E-state index is 0.610. The largest absolute Gasteiger partial charge is 0.490 e. The maximum absolute atomic E-state index is 5.67. The van der Waals surface area contributed by atoms with Crippen LogP contribution in [0.4, 0.5) is 0 Å². The summed E-state index contributed by atoms with van der Waals surface area (Å²) >= 11 is 1.83. The molecule has 0 radical (unpaired) electrons. The number of hydrogen-bond acceptors (Lipinski definition) is 3. The Balaban J connectivity index is 1.57. The van der Waals surface area contributed by atoms with Crippen molar-refractivity contribution in [3.05, 3.63) is 71.8 Å². The average molecular weight is 406 g/mol. The molecule has 0 fully saturated rings. The van der Waals surface area contributed by atoms with Crippen molar-refractivity contribution in [2.24, 2.45) is 0 Å². The van der Waals surface area contributed by atoms with Gasteiger partial charge in [-0.3, -0.25) is 0 Å². The molecular weight excluding hydrogens is 374 g/mol. The van der Waals surface area contributed by atoms with E-state index in [4.69, 9.17) is 4.74 Å². The van der Waals surface area contributed by atoms with Crippen molar-refractivity contribution in [2.75, 3.05) is 6.61 Å². The van der Waals surface area contributed by atoms with E-state index in [-0.39, 0.29) is 0 Å². The summed E-state index contributed by atoms with van der Waals surface area (Å²) < 4.78 is 5.67. The van der Waals surface area contributed by atoms with Gasteiger partial charge < -0.3 is 4.74 Å². The van der Waals surface area contributed by atoms with Gasteiger partial charge in [0, 0.05) is 16.6 Å². The molecule has 0 N–H and O–H groups in total. The second kappa shape index (κ2) is 11.6. The number of rotatable bonds is 11. The molecule has 3 heteroatoms. The predicted molar refractivity (Wildman–Crippen MR) is 126 cm³/mol. The highest BCUT2D eigenvalue weighted by molar-refractivity contribution is 7.15. The summed E-state index contributed by atoms with van der Waals surface area (Å²) in [5.41, 5.74) is 3.60. The fraction of sp³-hybridized carbons (Fsp3) is 0.346. The molecule has 1 aromatic heterocycles. The van der Waals surface area contributed by atoms with Gasteiger partial charge in [0.05, 0.1) is 0 Å². The Hall–Kier alpha value is -2.39. The lowest BCUT2D eigenvalue weighted by Gasteiger charge is -2.06. The van der Waals surface area contributed by atoms with Gasteiger partial charge in [-0.1, -0.05) is 81.2 Å². The van der Waals surface area contributed by atoms with Crippen molar-refractivity contribution in [3.63, 3.8) is 0 Å². The number of aromatic nitrogens is 1. The van der Waals surface area contributed by atoms with E-state index in [1.807, 2.05) is 42.5 Å². The monoisotopic (exact) mass is 405 g/mol. The number of aryl methyl sites for hydroxylation is 1. The minimum Gasteiger partial charge on any atom is -0.490 e. The first kappa shape index (κ1) is 21.3. The van der Waals surface area contributed by atoms with Crippen LogP contribution in [0.15, 0.2) is 66.9 Å². The third kappa shape index (κ3) is 6.57. The molecular formula is C26H31NOS. The molecule has 0 unspecified atom stereocenters. The molecule has 0 spiro atoms. The maximum atomic E-state index is 5.67. The summed E-state index contributed by atoms with van der Waals surface area (Å²) in [5.74, 6) is 0.897. The van der Waals surface area contributed by atoms with Gasteiger partial charge in [-0.15, -0.1) is 11.3 Å². The van der Waals surface area contributed by atoms with Crippen LogP contribution >= 0.6 is 11.3 Å². The molecule has 2 aromatic carbocycles. The van der Waals surface area contributed by atoms with Crippen LogP contribution in [-0.2, 0) is 6.42 Å². The highest BCUT2D eigenvalue weighted by Crippen LogP contribution is 2.29. The van der Waals surface area contributed by atoms with E-state index in [0.717, 1.165) is 17.2 Å². The van der Waals surface area contributed by atoms with Gasteiger partial charge in [0.2, 0.25) is 0 Å². The number of unbranched alkanes of at least 4 members (excludes halogenated alkanes) is 4. The third-order valence-electron chi connectivity index (χ3n) is 4.98. The molecule has 0 saturated heterocycles. The lowest BCUT2D eigenvalue weighted by Crippen LogP contribution is -1.92. The van der Waals surface area contributed by atoms with E-state index in [0.29, 0.717) is 6.61 Å². The topological polar surface area (TPSA) is 22.1 Å². The van der Waals surface area contributed by atoms with Gasteiger partial charge in [-0.2, -0.15) is 0 Å². The van der Waals surface area contributed by atoms with E-state index >= 15 is 0 Å². The van der Waals surface area contributed by atoms with E-state index in [9.17, 15) is 0 Å². The summed E-state index contributed by atoms with van der Waals surface area (Å²) in [6, 6.07) is 17.0. The molecule has 3 rings (SSSR count). The quantitative estimate of drug-likeness (QED) is 0.238. The van der Waals surface area contributed by atoms with Crippen molar-refractivity contribution in [2.45, 2.75) is 52.4 Å². The summed E-state index contributed by atoms with van der Waals surface area (Å²) in [5, 5.41) is 1.12. The first-order chi connectivity index (χ1) is 14.3. The van der Waals surface area contributed by atoms with Crippen molar-refractivity contribution in [1.82, 2.24) is 4.98 Å². The number of ether oxygens (including phenoxy) is 1. The van der Waals surface area contributed by atoms with Crippen molar-refractivity contribution in [1.29, 1.82) is 0 Å². The zero-order valence-corrected chi connectivity index (χ0v) is 18.4. The Bertz CT molecular complexity index is 878. The Morgan fingerprint density at radius 1 is 0.862 bits per heavy atom. The first-order valence-corrected chi connectivity index (χ1v) is 11.5. The van der Waals surface area contributed by atoms with Crippen LogP contribution in [0.2, 0.25) is 0 Å². The van der Waals surface area contributed by atoms with Gasteiger partial charge in [-0.05, 0) is 43.0 Å². The maximum Gasteiger partial charge on any atom is 0.123 e. The molecule has 152 valence electrons. The summed E-state index contributed by atoms with van der Waals surface area (Å²) in [4.78, 5) is 6.04. The average Bonchev–Trinajstić information content (AvgIpc) is 3.23. The molecule has 0 aliphatic heterocycles. The van der Waals surface area contributed by atoms with Crippen LogP contribution < -0.4 is 4.74 Å². The van der Waals surface area contributed by atoms with Gasteiger partial charge in [0.15, 0.2) is 0 Å². The number of allylic oxidation sites excluding steroid dienone is 1. The number of thiazole rings is 1. The molecule has 29 heavy (non-hydrogen) atoms. The molecule has 0 atom stereocenters. The van der Waals surface area contributed by atoms with Gasteiger partial charge >= 0.3 is 0 Å². The van der Waals surface area contributed by atoms with Crippen LogP contribution in [0, 0.1) is 0 Å². The molecule has 3 aromatic rings. The van der Waals surface area contributed by atoms with Gasteiger partial charge in [0.25, 0.3) is 0 Å². The van der Waals surface area contributed by atoms with Crippen LogP contribution in [0.1, 0.15) is 50.8 Å². The molecule has 0 aliphatic rings. The minimum absolute atomic E-state index is 0.610. The number of nitrogens with zero attached hydrogens (tertiary/aromatic N) is 1. The zero-order valence-electron chi connectivity index (χ0n) is 17.6. The van der Waals surface area contributed by atoms with Crippen molar-refractivity contribution >= 4 is 11.3 Å².